The number of ether oxygens (including phenoxy) is 1. The summed E-state index contributed by atoms with van der Waals surface area (Å²) in [5.41, 5.74) is 2.36. The number of halogens is 2. The van der Waals surface area contributed by atoms with Gasteiger partial charge >= 0.3 is 6.61 Å². The molecule has 1 rings (SSSR count). The Morgan fingerprint density at radius 2 is 2.28 bits per heavy atom. The fraction of sp³-hybridized carbons (Fsp3) is 0.182. The maximum Gasteiger partial charge on any atom is 0.387 e. The molecule has 0 aliphatic heterocycles. The van der Waals surface area contributed by atoms with Crippen molar-refractivity contribution >= 4 is 12.1 Å². The van der Waals surface area contributed by atoms with Crippen molar-refractivity contribution in [1.29, 1.82) is 5.26 Å². The number of carbonyl (C=O) groups excluding carboxylic acids is 1. The van der Waals surface area contributed by atoms with Crippen molar-refractivity contribution in [1.82, 2.24) is 5.43 Å². The molecule has 0 fully saturated rings. The maximum atomic E-state index is 12.1. The Hall–Kier alpha value is -2.49. The van der Waals surface area contributed by atoms with E-state index in [1.165, 1.54) is 18.2 Å². The van der Waals surface area contributed by atoms with Gasteiger partial charge in [0.1, 0.15) is 12.2 Å². The van der Waals surface area contributed by atoms with Gasteiger partial charge in [0.15, 0.2) is 0 Å². The SMILES string of the molecule is N#CCC(=O)NN=Cc1ccccc1OC(F)F. The van der Waals surface area contributed by atoms with Crippen molar-refractivity contribution in [2.24, 2.45) is 5.10 Å². The number of amides is 1. The lowest BCUT2D eigenvalue weighted by Crippen LogP contribution is -2.16. The highest BCUT2D eigenvalue weighted by Gasteiger charge is 2.07. The van der Waals surface area contributed by atoms with E-state index in [9.17, 15) is 13.6 Å². The second kappa shape index (κ2) is 6.96. The molecule has 0 radical (unpaired) electrons. The summed E-state index contributed by atoms with van der Waals surface area (Å²) in [7, 11) is 0. The number of hydrazone groups is 1. The van der Waals surface area contributed by atoms with E-state index in [1.54, 1.807) is 12.1 Å². The average Bonchev–Trinajstić information content (AvgIpc) is 2.31. The normalized spacial score (nSPS) is 10.3. The lowest BCUT2D eigenvalue weighted by atomic mass is 10.2. The molecular weight excluding hydrogens is 244 g/mol. The largest absolute Gasteiger partial charge is 0.434 e. The summed E-state index contributed by atoms with van der Waals surface area (Å²) < 4.78 is 28.4. The molecule has 94 valence electrons. The van der Waals surface area contributed by atoms with Crippen LogP contribution in [-0.4, -0.2) is 18.7 Å². The number of carbonyl (C=O) groups is 1. The molecule has 0 aliphatic rings. The van der Waals surface area contributed by atoms with Crippen LogP contribution in [0.2, 0.25) is 0 Å². The second-order valence-electron chi connectivity index (χ2n) is 3.04. The van der Waals surface area contributed by atoms with Crippen LogP contribution in [0.15, 0.2) is 29.4 Å². The van der Waals surface area contributed by atoms with Crippen molar-refractivity contribution in [2.75, 3.05) is 0 Å². The zero-order chi connectivity index (χ0) is 13.4. The van der Waals surface area contributed by atoms with Gasteiger partial charge in [-0.15, -0.1) is 0 Å². The van der Waals surface area contributed by atoms with Gasteiger partial charge in [0.05, 0.1) is 12.3 Å². The van der Waals surface area contributed by atoms with Crippen LogP contribution in [0, 0.1) is 11.3 Å². The monoisotopic (exact) mass is 253 g/mol. The third-order valence-corrected chi connectivity index (χ3v) is 1.77. The Labute approximate surface area is 102 Å². The molecule has 7 heteroatoms. The number of hydrogen-bond acceptors (Lipinski definition) is 4. The van der Waals surface area contributed by atoms with Crippen molar-refractivity contribution in [3.8, 4) is 11.8 Å². The summed E-state index contributed by atoms with van der Waals surface area (Å²) >= 11 is 0. The van der Waals surface area contributed by atoms with Gasteiger partial charge in [-0.3, -0.25) is 4.79 Å². The van der Waals surface area contributed by atoms with Gasteiger partial charge in [0, 0.05) is 5.56 Å². The molecule has 1 aromatic rings. The maximum absolute atomic E-state index is 12.1. The molecule has 0 aliphatic carbocycles. The molecule has 0 saturated heterocycles. The lowest BCUT2D eigenvalue weighted by Gasteiger charge is -2.06. The average molecular weight is 253 g/mol. The Morgan fingerprint density at radius 3 is 2.94 bits per heavy atom. The zero-order valence-electron chi connectivity index (χ0n) is 9.14. The van der Waals surface area contributed by atoms with Crippen LogP contribution < -0.4 is 10.2 Å². The second-order valence-corrected chi connectivity index (χ2v) is 3.04. The minimum absolute atomic E-state index is 0.0502. The Bertz CT molecular complexity index is 483. The van der Waals surface area contributed by atoms with Crippen LogP contribution in [-0.2, 0) is 4.79 Å². The molecule has 0 heterocycles. The Kier molecular flexibility index (Phi) is 5.25. The number of nitrogens with one attached hydrogen (secondary N) is 1. The molecule has 0 aromatic heterocycles. The van der Waals surface area contributed by atoms with E-state index >= 15 is 0 Å². The standard InChI is InChI=1S/C11H9F2N3O2/c12-11(13)18-9-4-2-1-3-8(9)7-15-16-10(17)5-6-14/h1-4,7,11H,5H2,(H,16,17). The Morgan fingerprint density at radius 1 is 1.56 bits per heavy atom. The van der Waals surface area contributed by atoms with Gasteiger partial charge in [0.2, 0.25) is 0 Å². The Balaban J connectivity index is 2.69. The van der Waals surface area contributed by atoms with Crippen LogP contribution in [0.1, 0.15) is 12.0 Å². The number of nitriles is 1. The van der Waals surface area contributed by atoms with E-state index < -0.39 is 12.5 Å². The molecule has 1 aromatic carbocycles. The van der Waals surface area contributed by atoms with Crippen molar-refractivity contribution in [2.45, 2.75) is 13.0 Å². The number of hydrogen-bond donors (Lipinski definition) is 1. The van der Waals surface area contributed by atoms with E-state index in [0.717, 1.165) is 6.21 Å². The quantitative estimate of drug-likeness (QED) is 0.640. The van der Waals surface area contributed by atoms with Crippen molar-refractivity contribution < 1.29 is 18.3 Å². The number of nitrogens with zero attached hydrogens (tertiary/aromatic N) is 2. The van der Waals surface area contributed by atoms with Gasteiger partial charge in [-0.05, 0) is 12.1 Å². The highest BCUT2D eigenvalue weighted by molar-refractivity contribution is 5.85. The summed E-state index contributed by atoms with van der Waals surface area (Å²) in [6.07, 6.45) is 0.833. The van der Waals surface area contributed by atoms with Crippen molar-refractivity contribution in [3.05, 3.63) is 29.8 Å². The number of benzene rings is 1. The minimum atomic E-state index is -2.94. The lowest BCUT2D eigenvalue weighted by molar-refractivity contribution is -0.120. The van der Waals surface area contributed by atoms with E-state index in [4.69, 9.17) is 5.26 Å². The van der Waals surface area contributed by atoms with Crippen LogP contribution in [0.3, 0.4) is 0 Å². The predicted octanol–water partition coefficient (Wildman–Crippen LogP) is 1.65. The van der Waals surface area contributed by atoms with Crippen LogP contribution >= 0.6 is 0 Å². The molecule has 0 unspecified atom stereocenters. The molecule has 0 saturated carbocycles. The molecule has 0 atom stereocenters. The molecule has 1 N–H and O–H groups in total. The van der Waals surface area contributed by atoms with Gasteiger partial charge in [-0.2, -0.15) is 19.1 Å². The first-order valence-electron chi connectivity index (χ1n) is 4.86. The van der Waals surface area contributed by atoms with E-state index in [1.807, 2.05) is 0 Å². The van der Waals surface area contributed by atoms with Gasteiger partial charge in [-0.25, -0.2) is 5.43 Å². The molecule has 0 bridgehead atoms. The van der Waals surface area contributed by atoms with Crippen LogP contribution in [0.5, 0.6) is 5.75 Å². The number of rotatable bonds is 5. The topological polar surface area (TPSA) is 74.5 Å². The number of para-hydroxylation sites is 1. The van der Waals surface area contributed by atoms with Crippen LogP contribution in [0.25, 0.3) is 0 Å². The first-order chi connectivity index (χ1) is 8.63. The number of alkyl halides is 2. The van der Waals surface area contributed by atoms with Gasteiger partial charge < -0.3 is 4.74 Å². The zero-order valence-corrected chi connectivity index (χ0v) is 9.14. The fourth-order valence-electron chi connectivity index (χ4n) is 1.08. The predicted molar refractivity (Wildman–Crippen MR) is 59.0 cm³/mol. The van der Waals surface area contributed by atoms with E-state index in [-0.39, 0.29) is 17.7 Å². The third-order valence-electron chi connectivity index (χ3n) is 1.77. The van der Waals surface area contributed by atoms with Crippen molar-refractivity contribution in [3.63, 3.8) is 0 Å². The summed E-state index contributed by atoms with van der Waals surface area (Å²) in [5, 5.41) is 11.8. The first kappa shape index (κ1) is 13.6. The summed E-state index contributed by atoms with van der Waals surface area (Å²) in [6.45, 7) is -2.94. The fourth-order valence-corrected chi connectivity index (χ4v) is 1.08. The summed E-state index contributed by atoms with van der Waals surface area (Å²) in [4.78, 5) is 10.9. The molecular formula is C11H9F2N3O2. The highest BCUT2D eigenvalue weighted by Crippen LogP contribution is 2.18. The third kappa shape index (κ3) is 4.57. The highest BCUT2D eigenvalue weighted by atomic mass is 19.3. The summed E-state index contributed by atoms with van der Waals surface area (Å²) in [6, 6.07) is 7.63. The molecule has 5 nitrogen and oxygen atoms in total. The minimum Gasteiger partial charge on any atom is -0.434 e. The van der Waals surface area contributed by atoms with Gasteiger partial charge in [-0.1, -0.05) is 12.1 Å². The van der Waals surface area contributed by atoms with Gasteiger partial charge in [0.25, 0.3) is 5.91 Å². The smallest absolute Gasteiger partial charge is 0.387 e. The van der Waals surface area contributed by atoms with E-state index in [0.29, 0.717) is 0 Å². The molecule has 0 spiro atoms. The summed E-state index contributed by atoms with van der Waals surface area (Å²) in [5.74, 6) is -0.633. The molecule has 18 heavy (non-hydrogen) atoms. The van der Waals surface area contributed by atoms with E-state index in [2.05, 4.69) is 15.3 Å². The van der Waals surface area contributed by atoms with Crippen LogP contribution in [0.4, 0.5) is 8.78 Å². The first-order valence-corrected chi connectivity index (χ1v) is 4.86. The molecule has 1 amide bonds.